The molecule has 0 aromatic heterocycles. The number of ether oxygens (including phenoxy) is 2. The summed E-state index contributed by atoms with van der Waals surface area (Å²) < 4.78 is 11.8. The van der Waals surface area contributed by atoms with Crippen LogP contribution in [0.15, 0.2) is 9.98 Å². The van der Waals surface area contributed by atoms with Crippen LogP contribution in [0.2, 0.25) is 0 Å². The molecule has 4 aliphatic rings. The van der Waals surface area contributed by atoms with Gasteiger partial charge in [0.25, 0.3) is 0 Å². The van der Waals surface area contributed by atoms with Gasteiger partial charge in [-0.15, -0.1) is 0 Å². The fourth-order valence-electron chi connectivity index (χ4n) is 4.25. The van der Waals surface area contributed by atoms with Gasteiger partial charge in [-0.25, -0.2) is 9.98 Å². The van der Waals surface area contributed by atoms with Crippen LogP contribution < -0.4 is 0 Å². The highest BCUT2D eigenvalue weighted by Crippen LogP contribution is 2.39. The summed E-state index contributed by atoms with van der Waals surface area (Å²) in [5, 5.41) is 20.4. The first-order valence-corrected chi connectivity index (χ1v) is 8.33. The fraction of sp³-hybridized carbons (Fsp3) is 0.875. The highest BCUT2D eigenvalue weighted by atomic mass is 16.5. The first-order chi connectivity index (χ1) is 10.5. The van der Waals surface area contributed by atoms with Gasteiger partial charge in [0.2, 0.25) is 0 Å². The maximum Gasteiger partial charge on any atom is 0.189 e. The van der Waals surface area contributed by atoms with Crippen LogP contribution in [0.25, 0.3) is 0 Å². The number of hydrogen-bond donors (Lipinski definition) is 2. The van der Waals surface area contributed by atoms with Crippen molar-refractivity contribution in [3.63, 3.8) is 0 Å². The molecule has 4 rings (SSSR count). The van der Waals surface area contributed by atoms with Crippen LogP contribution in [0.5, 0.6) is 0 Å². The van der Waals surface area contributed by atoms with Crippen molar-refractivity contribution >= 4 is 11.8 Å². The third kappa shape index (κ3) is 2.33. The maximum absolute atomic E-state index is 10.3. The average molecular weight is 308 g/mol. The van der Waals surface area contributed by atoms with Crippen molar-refractivity contribution in [1.82, 2.24) is 0 Å². The molecule has 8 unspecified atom stereocenters. The van der Waals surface area contributed by atoms with Crippen LogP contribution in [0.1, 0.15) is 39.5 Å². The van der Waals surface area contributed by atoms with E-state index >= 15 is 0 Å². The van der Waals surface area contributed by atoms with E-state index < -0.39 is 12.2 Å². The molecule has 22 heavy (non-hydrogen) atoms. The number of fused-ring (bicyclic) bond motifs is 2. The van der Waals surface area contributed by atoms with Crippen molar-refractivity contribution < 1.29 is 19.7 Å². The number of aliphatic hydroxyl groups is 2. The van der Waals surface area contributed by atoms with Gasteiger partial charge in [0.15, 0.2) is 11.8 Å². The van der Waals surface area contributed by atoms with Gasteiger partial charge in [-0.2, -0.15) is 0 Å². The van der Waals surface area contributed by atoms with Gasteiger partial charge >= 0.3 is 0 Å². The molecule has 0 bridgehead atoms. The standard InChI is InChI=1S/C16H24N2O4/c1-7-3-13(20)9(4-12(7)19)16-18-11-5-10-14(6-15(11)22-16)21-8(2)17-10/h7,9-15,19-20H,3-6H2,1-2H3. The molecule has 2 fully saturated rings. The minimum atomic E-state index is -0.478. The van der Waals surface area contributed by atoms with Crippen molar-refractivity contribution in [2.45, 2.75) is 76.0 Å². The third-order valence-corrected chi connectivity index (χ3v) is 5.59. The number of rotatable bonds is 1. The molecular formula is C16H24N2O4. The lowest BCUT2D eigenvalue weighted by Crippen LogP contribution is -2.43. The van der Waals surface area contributed by atoms with Crippen molar-refractivity contribution in [3.8, 4) is 0 Å². The van der Waals surface area contributed by atoms with Crippen molar-refractivity contribution in [2.75, 3.05) is 0 Å². The third-order valence-electron chi connectivity index (χ3n) is 5.59. The zero-order valence-electron chi connectivity index (χ0n) is 13.1. The second-order valence-corrected chi connectivity index (χ2v) is 7.22. The number of aliphatic hydroxyl groups excluding tert-OH is 2. The van der Waals surface area contributed by atoms with E-state index in [2.05, 4.69) is 4.99 Å². The molecule has 2 saturated carbocycles. The summed E-state index contributed by atoms with van der Waals surface area (Å²) in [5.41, 5.74) is 0. The van der Waals surface area contributed by atoms with E-state index in [4.69, 9.17) is 14.5 Å². The van der Waals surface area contributed by atoms with Crippen LogP contribution in [0.4, 0.5) is 0 Å². The van der Waals surface area contributed by atoms with Crippen molar-refractivity contribution in [2.24, 2.45) is 21.8 Å². The number of aliphatic imine (C=N–C) groups is 2. The first kappa shape index (κ1) is 14.5. The molecule has 0 aromatic rings. The molecule has 2 aliphatic carbocycles. The minimum Gasteiger partial charge on any atom is -0.476 e. The summed E-state index contributed by atoms with van der Waals surface area (Å²) in [6.07, 6.45) is 2.04. The fourth-order valence-corrected chi connectivity index (χ4v) is 4.25. The molecule has 0 amide bonds. The normalized spacial score (nSPS) is 50.4. The average Bonchev–Trinajstić information content (AvgIpc) is 3.01. The summed E-state index contributed by atoms with van der Waals surface area (Å²) in [6, 6.07) is 0.299. The molecule has 0 aromatic carbocycles. The van der Waals surface area contributed by atoms with E-state index in [1.165, 1.54) is 0 Å². The molecule has 122 valence electrons. The maximum atomic E-state index is 10.3. The monoisotopic (exact) mass is 308 g/mol. The Kier molecular flexibility index (Phi) is 3.42. The molecule has 6 nitrogen and oxygen atoms in total. The topological polar surface area (TPSA) is 83.6 Å². The van der Waals surface area contributed by atoms with Crippen LogP contribution in [0.3, 0.4) is 0 Å². The second-order valence-electron chi connectivity index (χ2n) is 7.22. The van der Waals surface area contributed by atoms with E-state index in [1.54, 1.807) is 0 Å². The quantitative estimate of drug-likeness (QED) is 0.754. The summed E-state index contributed by atoms with van der Waals surface area (Å²) in [4.78, 5) is 9.25. The van der Waals surface area contributed by atoms with E-state index in [1.807, 2.05) is 13.8 Å². The zero-order chi connectivity index (χ0) is 15.4. The Morgan fingerprint density at radius 2 is 1.64 bits per heavy atom. The van der Waals surface area contributed by atoms with Gasteiger partial charge in [-0.05, 0) is 25.2 Å². The number of hydrogen-bond acceptors (Lipinski definition) is 6. The highest BCUT2D eigenvalue weighted by Gasteiger charge is 2.48. The Labute approximate surface area is 130 Å². The van der Waals surface area contributed by atoms with Gasteiger partial charge in [0.1, 0.15) is 12.2 Å². The molecule has 0 radical (unpaired) electrons. The van der Waals surface area contributed by atoms with Gasteiger partial charge < -0.3 is 19.7 Å². The highest BCUT2D eigenvalue weighted by molar-refractivity contribution is 5.81. The Bertz CT molecular complexity index is 520. The molecule has 2 N–H and O–H groups in total. The van der Waals surface area contributed by atoms with E-state index in [0.29, 0.717) is 18.7 Å². The van der Waals surface area contributed by atoms with Crippen LogP contribution >= 0.6 is 0 Å². The molecule has 2 heterocycles. The van der Waals surface area contributed by atoms with Gasteiger partial charge in [0, 0.05) is 13.3 Å². The predicted molar refractivity (Wildman–Crippen MR) is 81.0 cm³/mol. The lowest BCUT2D eigenvalue weighted by molar-refractivity contribution is -0.0153. The first-order valence-electron chi connectivity index (χ1n) is 8.33. The second kappa shape index (κ2) is 5.20. The molecule has 6 heteroatoms. The number of nitrogens with zero attached hydrogens (tertiary/aromatic N) is 2. The Morgan fingerprint density at radius 1 is 0.909 bits per heavy atom. The Hall–Kier alpha value is -1.14. The molecule has 8 atom stereocenters. The van der Waals surface area contributed by atoms with Gasteiger partial charge in [-0.1, -0.05) is 6.92 Å². The summed E-state index contributed by atoms with van der Waals surface area (Å²) in [5.74, 6) is 1.34. The summed E-state index contributed by atoms with van der Waals surface area (Å²) >= 11 is 0. The summed E-state index contributed by atoms with van der Waals surface area (Å²) in [7, 11) is 0. The van der Waals surface area contributed by atoms with Gasteiger partial charge in [-0.3, -0.25) is 0 Å². The largest absolute Gasteiger partial charge is 0.476 e. The lowest BCUT2D eigenvalue weighted by Gasteiger charge is -2.35. The van der Waals surface area contributed by atoms with E-state index in [0.717, 1.165) is 18.7 Å². The molecule has 0 saturated heterocycles. The molecule has 2 aliphatic heterocycles. The van der Waals surface area contributed by atoms with E-state index in [9.17, 15) is 10.2 Å². The SMILES string of the molecule is CC1=NC2CC3N=C(C4CC(O)C(C)CC4O)OC3CC2O1. The van der Waals surface area contributed by atoms with E-state index in [-0.39, 0.29) is 36.1 Å². The molecular weight excluding hydrogens is 284 g/mol. The lowest BCUT2D eigenvalue weighted by atomic mass is 9.78. The predicted octanol–water partition coefficient (Wildman–Crippen LogP) is 0.900. The van der Waals surface area contributed by atoms with Crippen LogP contribution in [-0.2, 0) is 9.47 Å². The molecule has 0 spiro atoms. The zero-order valence-corrected chi connectivity index (χ0v) is 13.1. The van der Waals surface area contributed by atoms with Crippen molar-refractivity contribution in [1.29, 1.82) is 0 Å². The Morgan fingerprint density at radius 3 is 2.45 bits per heavy atom. The van der Waals surface area contributed by atoms with Gasteiger partial charge in [0.05, 0.1) is 30.2 Å². The summed E-state index contributed by atoms with van der Waals surface area (Å²) in [6.45, 7) is 3.87. The Balaban J connectivity index is 1.48. The van der Waals surface area contributed by atoms with Crippen LogP contribution in [-0.4, -0.2) is 58.5 Å². The van der Waals surface area contributed by atoms with Crippen LogP contribution in [0, 0.1) is 11.8 Å². The minimum absolute atomic E-state index is 0.0287. The smallest absolute Gasteiger partial charge is 0.189 e. The van der Waals surface area contributed by atoms with Crippen molar-refractivity contribution in [3.05, 3.63) is 0 Å².